The second-order valence-electron chi connectivity index (χ2n) is 5.18. The molecule has 0 saturated heterocycles. The van der Waals surface area contributed by atoms with Crippen LogP contribution in [0, 0.1) is 0 Å². The maximum absolute atomic E-state index is 10.0. The molecule has 2 rings (SSSR count). The number of aromatic nitrogens is 6. The van der Waals surface area contributed by atoms with E-state index in [9.17, 15) is 5.11 Å². The van der Waals surface area contributed by atoms with Gasteiger partial charge in [0, 0.05) is 20.1 Å². The highest BCUT2D eigenvalue weighted by molar-refractivity contribution is 5.39. The maximum atomic E-state index is 10.0. The number of nitrogens with zero attached hydrogens (tertiary/aromatic N) is 7. The van der Waals surface area contributed by atoms with Gasteiger partial charge in [-0.2, -0.15) is 24.7 Å². The van der Waals surface area contributed by atoms with Crippen molar-refractivity contribution in [1.82, 2.24) is 29.7 Å². The Morgan fingerprint density at radius 1 is 1.33 bits per heavy atom. The summed E-state index contributed by atoms with van der Waals surface area (Å²) >= 11 is 0. The van der Waals surface area contributed by atoms with E-state index in [2.05, 4.69) is 30.4 Å². The first kappa shape index (κ1) is 15.1. The number of likely N-dealkylation sites (N-methyl/N-ethyl adjacent to an activating group) is 1. The molecule has 0 amide bonds. The predicted octanol–water partition coefficient (Wildman–Crippen LogP) is 0.0912. The Kier molecular flexibility index (Phi) is 4.32. The topological polar surface area (TPSA) is 105 Å². The van der Waals surface area contributed by atoms with Crippen LogP contribution in [0.5, 0.6) is 0 Å². The SMILES string of the molecule is CCN(CC(C)(C)O)c1nc(NC)nc(-n2cncn2)n1. The summed E-state index contributed by atoms with van der Waals surface area (Å²) in [4.78, 5) is 18.7. The molecule has 9 nitrogen and oxygen atoms in total. The molecule has 0 aliphatic heterocycles. The van der Waals surface area contributed by atoms with Crippen LogP contribution in [-0.2, 0) is 0 Å². The second kappa shape index (κ2) is 6.00. The van der Waals surface area contributed by atoms with Crippen molar-refractivity contribution < 1.29 is 5.11 Å². The number of aliphatic hydroxyl groups is 1. The first-order valence-corrected chi connectivity index (χ1v) is 6.69. The van der Waals surface area contributed by atoms with Gasteiger partial charge in [-0.05, 0) is 20.8 Å². The van der Waals surface area contributed by atoms with E-state index in [4.69, 9.17) is 0 Å². The largest absolute Gasteiger partial charge is 0.389 e. The van der Waals surface area contributed by atoms with E-state index in [-0.39, 0.29) is 0 Å². The van der Waals surface area contributed by atoms with Gasteiger partial charge >= 0.3 is 0 Å². The molecule has 2 aromatic heterocycles. The molecule has 0 unspecified atom stereocenters. The van der Waals surface area contributed by atoms with Crippen LogP contribution in [0.15, 0.2) is 12.7 Å². The molecule has 0 aliphatic carbocycles. The van der Waals surface area contributed by atoms with Gasteiger partial charge in [-0.15, -0.1) is 0 Å². The molecule has 0 saturated carbocycles. The molecule has 114 valence electrons. The van der Waals surface area contributed by atoms with E-state index in [1.807, 2.05) is 11.8 Å². The molecule has 0 fully saturated rings. The molecular weight excluding hydrogens is 272 g/mol. The van der Waals surface area contributed by atoms with Crippen molar-refractivity contribution in [2.75, 3.05) is 30.4 Å². The van der Waals surface area contributed by atoms with Gasteiger partial charge in [0.2, 0.25) is 11.9 Å². The van der Waals surface area contributed by atoms with Crippen LogP contribution in [-0.4, -0.2) is 60.6 Å². The van der Waals surface area contributed by atoms with Crippen molar-refractivity contribution in [1.29, 1.82) is 0 Å². The van der Waals surface area contributed by atoms with Crippen molar-refractivity contribution >= 4 is 11.9 Å². The fourth-order valence-corrected chi connectivity index (χ4v) is 1.81. The molecule has 0 bridgehead atoms. The minimum absolute atomic E-state index is 0.371. The number of hydrogen-bond donors (Lipinski definition) is 2. The zero-order valence-corrected chi connectivity index (χ0v) is 12.6. The summed E-state index contributed by atoms with van der Waals surface area (Å²) in [6, 6.07) is 0. The molecule has 0 atom stereocenters. The molecule has 2 aromatic rings. The first-order chi connectivity index (χ1) is 9.93. The predicted molar refractivity (Wildman–Crippen MR) is 78.5 cm³/mol. The Morgan fingerprint density at radius 2 is 2.10 bits per heavy atom. The normalized spacial score (nSPS) is 11.5. The zero-order chi connectivity index (χ0) is 15.5. The fraction of sp³-hybridized carbons (Fsp3) is 0.583. The van der Waals surface area contributed by atoms with Crippen molar-refractivity contribution in [3.63, 3.8) is 0 Å². The summed E-state index contributed by atoms with van der Waals surface area (Å²) in [5, 5.41) is 16.9. The number of anilines is 2. The van der Waals surface area contributed by atoms with Crippen LogP contribution in [0.4, 0.5) is 11.9 Å². The van der Waals surface area contributed by atoms with Gasteiger partial charge in [-0.3, -0.25) is 0 Å². The second-order valence-corrected chi connectivity index (χ2v) is 5.18. The van der Waals surface area contributed by atoms with E-state index >= 15 is 0 Å². The molecule has 0 radical (unpaired) electrons. The Bertz CT molecular complexity index is 577. The molecule has 21 heavy (non-hydrogen) atoms. The van der Waals surface area contributed by atoms with Crippen molar-refractivity contribution in [3.8, 4) is 5.95 Å². The minimum Gasteiger partial charge on any atom is -0.389 e. The molecule has 0 spiro atoms. The van der Waals surface area contributed by atoms with Gasteiger partial charge in [0.15, 0.2) is 0 Å². The lowest BCUT2D eigenvalue weighted by Crippen LogP contribution is -2.39. The van der Waals surface area contributed by atoms with Crippen LogP contribution in [0.2, 0.25) is 0 Å². The number of nitrogens with one attached hydrogen (secondary N) is 1. The smallest absolute Gasteiger partial charge is 0.258 e. The van der Waals surface area contributed by atoms with E-state index < -0.39 is 5.60 Å². The quantitative estimate of drug-likeness (QED) is 0.772. The Hall–Kier alpha value is -2.29. The number of hydrogen-bond acceptors (Lipinski definition) is 8. The van der Waals surface area contributed by atoms with Gasteiger partial charge in [0.25, 0.3) is 5.95 Å². The fourth-order valence-electron chi connectivity index (χ4n) is 1.81. The van der Waals surface area contributed by atoms with Crippen molar-refractivity contribution in [3.05, 3.63) is 12.7 Å². The van der Waals surface area contributed by atoms with E-state index in [0.717, 1.165) is 0 Å². The van der Waals surface area contributed by atoms with Gasteiger partial charge < -0.3 is 15.3 Å². The van der Waals surface area contributed by atoms with Crippen LogP contribution < -0.4 is 10.2 Å². The first-order valence-electron chi connectivity index (χ1n) is 6.69. The summed E-state index contributed by atoms with van der Waals surface area (Å²) < 4.78 is 1.46. The van der Waals surface area contributed by atoms with Crippen LogP contribution in [0.3, 0.4) is 0 Å². The molecule has 0 aliphatic rings. The lowest BCUT2D eigenvalue weighted by molar-refractivity contribution is 0.0872. The van der Waals surface area contributed by atoms with Crippen LogP contribution in [0.25, 0.3) is 5.95 Å². The third kappa shape index (κ3) is 3.85. The highest BCUT2D eigenvalue weighted by Gasteiger charge is 2.21. The highest BCUT2D eigenvalue weighted by Crippen LogP contribution is 2.15. The van der Waals surface area contributed by atoms with Gasteiger partial charge in [-0.25, -0.2) is 4.98 Å². The molecular formula is C12H20N8O. The Morgan fingerprint density at radius 3 is 2.62 bits per heavy atom. The number of rotatable bonds is 6. The average Bonchev–Trinajstić information content (AvgIpc) is 2.97. The molecule has 2 heterocycles. The van der Waals surface area contributed by atoms with Crippen molar-refractivity contribution in [2.24, 2.45) is 0 Å². The van der Waals surface area contributed by atoms with Gasteiger partial charge in [-0.1, -0.05) is 0 Å². The Labute approximate surface area is 123 Å². The van der Waals surface area contributed by atoms with E-state index in [1.165, 1.54) is 17.3 Å². The van der Waals surface area contributed by atoms with Gasteiger partial charge in [0.1, 0.15) is 12.7 Å². The minimum atomic E-state index is -0.851. The average molecular weight is 292 g/mol. The highest BCUT2D eigenvalue weighted by atomic mass is 16.3. The molecule has 9 heteroatoms. The van der Waals surface area contributed by atoms with E-state index in [0.29, 0.717) is 30.9 Å². The van der Waals surface area contributed by atoms with Crippen LogP contribution >= 0.6 is 0 Å². The summed E-state index contributed by atoms with van der Waals surface area (Å²) in [5.41, 5.74) is -0.851. The monoisotopic (exact) mass is 292 g/mol. The lowest BCUT2D eigenvalue weighted by atomic mass is 10.1. The summed E-state index contributed by atoms with van der Waals surface area (Å²) in [6.07, 6.45) is 2.93. The summed E-state index contributed by atoms with van der Waals surface area (Å²) in [6.45, 7) is 6.54. The molecule has 2 N–H and O–H groups in total. The van der Waals surface area contributed by atoms with E-state index in [1.54, 1.807) is 20.9 Å². The third-order valence-electron chi connectivity index (χ3n) is 2.70. The summed E-state index contributed by atoms with van der Waals surface area (Å²) in [7, 11) is 1.73. The standard InChI is InChI=1S/C12H20N8O/c1-5-19(6-12(2,3)21)10-16-9(13-4)17-11(18-10)20-8-14-7-15-20/h7-8,21H,5-6H2,1-4H3,(H,13,16,17,18). The Balaban J connectivity index is 2.40. The third-order valence-corrected chi connectivity index (χ3v) is 2.70. The molecule has 0 aromatic carbocycles. The van der Waals surface area contributed by atoms with Crippen LogP contribution in [0.1, 0.15) is 20.8 Å². The zero-order valence-electron chi connectivity index (χ0n) is 12.6. The maximum Gasteiger partial charge on any atom is 0.258 e. The van der Waals surface area contributed by atoms with Crippen molar-refractivity contribution in [2.45, 2.75) is 26.4 Å². The van der Waals surface area contributed by atoms with Gasteiger partial charge in [0.05, 0.1) is 5.60 Å². The lowest BCUT2D eigenvalue weighted by Gasteiger charge is -2.28. The summed E-state index contributed by atoms with van der Waals surface area (Å²) in [5.74, 6) is 1.28.